The van der Waals surface area contributed by atoms with Crippen molar-refractivity contribution in [1.29, 1.82) is 5.26 Å². The molecule has 7 heteroatoms. The van der Waals surface area contributed by atoms with Crippen LogP contribution in [0.4, 0.5) is 11.5 Å². The highest BCUT2D eigenvalue weighted by atomic mass is 16.6. The quantitative estimate of drug-likeness (QED) is 0.625. The first kappa shape index (κ1) is 13.2. The van der Waals surface area contributed by atoms with Gasteiger partial charge in [0, 0.05) is 12.6 Å². The number of rotatable bonds is 4. The molecular formula is C12H15N5O2. The molecule has 1 aromatic heterocycles. The van der Waals surface area contributed by atoms with Crippen LogP contribution in [-0.2, 0) is 0 Å². The van der Waals surface area contributed by atoms with E-state index in [1.54, 1.807) is 0 Å². The van der Waals surface area contributed by atoms with Crippen LogP contribution in [0.3, 0.4) is 0 Å². The van der Waals surface area contributed by atoms with Crippen LogP contribution in [0.2, 0.25) is 0 Å². The zero-order valence-corrected chi connectivity index (χ0v) is 10.4. The Labute approximate surface area is 110 Å². The zero-order valence-electron chi connectivity index (χ0n) is 10.4. The molecule has 19 heavy (non-hydrogen) atoms. The Morgan fingerprint density at radius 3 is 2.95 bits per heavy atom. The van der Waals surface area contributed by atoms with Crippen molar-refractivity contribution < 1.29 is 4.92 Å². The standard InChI is InChI=1S/C12H15N5O2/c13-6-10-5-11(17(18)19)8-16-12(10)15-7-9-1-3-14-4-2-9/h5,8-9,14H,1-4,7H2,(H,15,16). The van der Waals surface area contributed by atoms with E-state index in [0.29, 0.717) is 11.7 Å². The van der Waals surface area contributed by atoms with Gasteiger partial charge in [-0.15, -0.1) is 0 Å². The predicted molar refractivity (Wildman–Crippen MR) is 69.7 cm³/mol. The van der Waals surface area contributed by atoms with Crippen LogP contribution < -0.4 is 10.6 Å². The summed E-state index contributed by atoms with van der Waals surface area (Å²) in [7, 11) is 0. The summed E-state index contributed by atoms with van der Waals surface area (Å²) in [5.41, 5.74) is 0.0482. The molecular weight excluding hydrogens is 246 g/mol. The first-order valence-corrected chi connectivity index (χ1v) is 6.20. The molecule has 2 rings (SSSR count). The second-order valence-electron chi connectivity index (χ2n) is 4.53. The van der Waals surface area contributed by atoms with E-state index in [4.69, 9.17) is 5.26 Å². The number of pyridine rings is 1. The summed E-state index contributed by atoms with van der Waals surface area (Å²) in [6.07, 6.45) is 3.34. The molecule has 7 nitrogen and oxygen atoms in total. The number of hydrogen-bond donors (Lipinski definition) is 2. The van der Waals surface area contributed by atoms with Gasteiger partial charge < -0.3 is 10.6 Å². The number of aromatic nitrogens is 1. The van der Waals surface area contributed by atoms with E-state index in [9.17, 15) is 10.1 Å². The fraction of sp³-hybridized carbons (Fsp3) is 0.500. The summed E-state index contributed by atoms with van der Waals surface area (Å²) in [6, 6.07) is 3.18. The molecule has 100 valence electrons. The van der Waals surface area contributed by atoms with Crippen LogP contribution in [0.25, 0.3) is 0 Å². The summed E-state index contributed by atoms with van der Waals surface area (Å²) >= 11 is 0. The first-order valence-electron chi connectivity index (χ1n) is 6.20. The maximum absolute atomic E-state index is 10.6. The van der Waals surface area contributed by atoms with Crippen LogP contribution in [0.1, 0.15) is 18.4 Å². The molecule has 0 radical (unpaired) electrons. The van der Waals surface area contributed by atoms with E-state index < -0.39 is 4.92 Å². The first-order chi connectivity index (χ1) is 9.20. The smallest absolute Gasteiger partial charge is 0.289 e. The van der Waals surface area contributed by atoms with Gasteiger partial charge >= 0.3 is 0 Å². The number of nitrogens with one attached hydrogen (secondary N) is 2. The number of nitrogens with zero attached hydrogens (tertiary/aromatic N) is 3. The third kappa shape index (κ3) is 3.39. The maximum Gasteiger partial charge on any atom is 0.289 e. The maximum atomic E-state index is 10.6. The molecule has 0 aliphatic carbocycles. The minimum absolute atomic E-state index is 0.163. The number of piperidine rings is 1. The number of nitriles is 1. The van der Waals surface area contributed by atoms with Gasteiger partial charge in [-0.3, -0.25) is 10.1 Å². The summed E-state index contributed by atoms with van der Waals surface area (Å²) in [5, 5.41) is 26.0. The number of anilines is 1. The molecule has 0 bridgehead atoms. The average Bonchev–Trinajstić information content (AvgIpc) is 2.45. The molecule has 1 aliphatic rings. The lowest BCUT2D eigenvalue weighted by Gasteiger charge is -2.23. The van der Waals surface area contributed by atoms with E-state index in [2.05, 4.69) is 15.6 Å². The molecule has 1 aromatic rings. The van der Waals surface area contributed by atoms with Crippen molar-refractivity contribution in [3.63, 3.8) is 0 Å². The van der Waals surface area contributed by atoms with Gasteiger partial charge in [0.05, 0.1) is 4.92 Å². The highest BCUT2D eigenvalue weighted by Crippen LogP contribution is 2.19. The second-order valence-corrected chi connectivity index (χ2v) is 4.53. The lowest BCUT2D eigenvalue weighted by Crippen LogP contribution is -2.31. The molecule has 0 amide bonds. The Bertz CT molecular complexity index is 505. The molecule has 0 unspecified atom stereocenters. The largest absolute Gasteiger partial charge is 0.369 e. The van der Waals surface area contributed by atoms with Gasteiger partial charge in [0.1, 0.15) is 23.6 Å². The molecule has 1 saturated heterocycles. The Kier molecular flexibility index (Phi) is 4.26. The minimum Gasteiger partial charge on any atom is -0.369 e. The predicted octanol–water partition coefficient (Wildman–Crippen LogP) is 1.27. The minimum atomic E-state index is -0.551. The van der Waals surface area contributed by atoms with Crippen molar-refractivity contribution >= 4 is 11.5 Å². The summed E-state index contributed by atoms with van der Waals surface area (Å²) in [4.78, 5) is 14.0. The molecule has 1 fully saturated rings. The lowest BCUT2D eigenvalue weighted by atomic mass is 9.98. The Hall–Kier alpha value is -2.20. The molecule has 2 heterocycles. The normalized spacial score (nSPS) is 15.7. The lowest BCUT2D eigenvalue weighted by molar-refractivity contribution is -0.385. The average molecular weight is 261 g/mol. The monoisotopic (exact) mass is 261 g/mol. The van der Waals surface area contributed by atoms with E-state index in [-0.39, 0.29) is 11.3 Å². The van der Waals surface area contributed by atoms with Crippen molar-refractivity contribution in [2.24, 2.45) is 5.92 Å². The molecule has 2 N–H and O–H groups in total. The third-order valence-corrected chi connectivity index (χ3v) is 3.22. The van der Waals surface area contributed by atoms with Gasteiger partial charge in [-0.1, -0.05) is 0 Å². The van der Waals surface area contributed by atoms with Crippen molar-refractivity contribution in [2.75, 3.05) is 25.0 Å². The number of hydrogen-bond acceptors (Lipinski definition) is 6. The summed E-state index contributed by atoms with van der Waals surface area (Å²) in [6.45, 7) is 2.75. The van der Waals surface area contributed by atoms with Gasteiger partial charge in [0.2, 0.25) is 0 Å². The fourth-order valence-corrected chi connectivity index (χ4v) is 2.11. The number of nitro groups is 1. The molecule has 0 saturated carbocycles. The molecule has 0 spiro atoms. The van der Waals surface area contributed by atoms with Crippen molar-refractivity contribution in [1.82, 2.24) is 10.3 Å². The summed E-state index contributed by atoms with van der Waals surface area (Å²) < 4.78 is 0. The van der Waals surface area contributed by atoms with Crippen LogP contribution >= 0.6 is 0 Å². The van der Waals surface area contributed by atoms with Crippen molar-refractivity contribution in [3.05, 3.63) is 27.9 Å². The van der Waals surface area contributed by atoms with Crippen molar-refractivity contribution in [2.45, 2.75) is 12.8 Å². The molecule has 0 aromatic carbocycles. The van der Waals surface area contributed by atoms with Crippen molar-refractivity contribution in [3.8, 4) is 6.07 Å². The van der Waals surface area contributed by atoms with Crippen LogP contribution in [-0.4, -0.2) is 29.5 Å². The Balaban J connectivity index is 2.03. The zero-order chi connectivity index (χ0) is 13.7. The Morgan fingerprint density at radius 1 is 1.58 bits per heavy atom. The van der Waals surface area contributed by atoms with E-state index in [1.807, 2.05) is 6.07 Å². The molecule has 0 atom stereocenters. The van der Waals surface area contributed by atoms with Gasteiger partial charge in [0.25, 0.3) is 5.69 Å². The topological polar surface area (TPSA) is 104 Å². The van der Waals surface area contributed by atoms with E-state index in [1.165, 1.54) is 12.3 Å². The van der Waals surface area contributed by atoms with E-state index >= 15 is 0 Å². The third-order valence-electron chi connectivity index (χ3n) is 3.22. The fourth-order valence-electron chi connectivity index (χ4n) is 2.11. The highest BCUT2D eigenvalue weighted by molar-refractivity contribution is 5.55. The van der Waals surface area contributed by atoms with Crippen LogP contribution in [0.5, 0.6) is 0 Å². The van der Waals surface area contributed by atoms with Gasteiger partial charge in [-0.05, 0) is 31.8 Å². The van der Waals surface area contributed by atoms with E-state index in [0.717, 1.165) is 32.5 Å². The molecule has 1 aliphatic heterocycles. The van der Waals surface area contributed by atoms with Gasteiger partial charge in [-0.2, -0.15) is 5.26 Å². The Morgan fingerprint density at radius 2 is 2.32 bits per heavy atom. The van der Waals surface area contributed by atoms with Gasteiger partial charge in [-0.25, -0.2) is 4.98 Å². The van der Waals surface area contributed by atoms with Crippen LogP contribution in [0.15, 0.2) is 12.3 Å². The second kappa shape index (κ2) is 6.11. The highest BCUT2D eigenvalue weighted by Gasteiger charge is 2.15. The van der Waals surface area contributed by atoms with Gasteiger partial charge in [0.15, 0.2) is 0 Å². The SMILES string of the molecule is N#Cc1cc([N+](=O)[O-])cnc1NCC1CCNCC1. The van der Waals surface area contributed by atoms with Crippen LogP contribution in [0, 0.1) is 27.4 Å². The summed E-state index contributed by atoms with van der Waals surface area (Å²) in [5.74, 6) is 0.969.